The highest BCUT2D eigenvalue weighted by Gasteiger charge is 2.27. The van der Waals surface area contributed by atoms with E-state index in [-0.39, 0.29) is 11.6 Å². The number of hydrogen-bond acceptors (Lipinski definition) is 6. The molecule has 0 fully saturated rings. The smallest absolute Gasteiger partial charge is 0.253 e. The topological polar surface area (TPSA) is 101 Å². The zero-order valence-corrected chi connectivity index (χ0v) is 14.8. The minimum atomic E-state index is -0.282. The van der Waals surface area contributed by atoms with Crippen molar-refractivity contribution in [1.29, 1.82) is 0 Å². The van der Waals surface area contributed by atoms with E-state index in [2.05, 4.69) is 20.3 Å². The highest BCUT2D eigenvalue weighted by Crippen LogP contribution is 2.43. The van der Waals surface area contributed by atoms with Crippen LogP contribution in [0.4, 0.5) is 0 Å². The number of rotatable bonds is 4. The molecule has 0 amide bonds. The van der Waals surface area contributed by atoms with Crippen molar-refractivity contribution in [2.24, 2.45) is 0 Å². The Balaban J connectivity index is 1.96. The zero-order valence-electron chi connectivity index (χ0n) is 14.8. The maximum absolute atomic E-state index is 12.8. The molecule has 0 radical (unpaired) electrons. The van der Waals surface area contributed by atoms with Crippen LogP contribution >= 0.6 is 0 Å². The number of aromatic amines is 2. The predicted molar refractivity (Wildman–Crippen MR) is 96.4 cm³/mol. The molecule has 1 aromatic carbocycles. The van der Waals surface area contributed by atoms with Gasteiger partial charge in [-0.15, -0.1) is 0 Å². The lowest BCUT2D eigenvalue weighted by atomic mass is 9.97. The van der Waals surface area contributed by atoms with Crippen LogP contribution in [0.3, 0.4) is 0 Å². The molecule has 136 valence electrons. The van der Waals surface area contributed by atoms with Gasteiger partial charge >= 0.3 is 0 Å². The van der Waals surface area contributed by atoms with Gasteiger partial charge in [-0.05, 0) is 6.07 Å². The molecule has 3 N–H and O–H groups in total. The van der Waals surface area contributed by atoms with E-state index in [1.165, 1.54) is 0 Å². The van der Waals surface area contributed by atoms with E-state index in [1.807, 2.05) is 6.07 Å². The van der Waals surface area contributed by atoms with Gasteiger partial charge in [0.25, 0.3) is 5.56 Å². The molecule has 0 saturated carbocycles. The quantitative estimate of drug-likeness (QED) is 0.655. The van der Waals surface area contributed by atoms with Crippen LogP contribution in [0.25, 0.3) is 10.9 Å². The average molecular weight is 356 g/mol. The maximum atomic E-state index is 12.8. The first kappa shape index (κ1) is 16.5. The summed E-state index contributed by atoms with van der Waals surface area (Å²) < 4.78 is 16.4. The molecule has 0 unspecified atom stereocenters. The summed E-state index contributed by atoms with van der Waals surface area (Å²) in [6.45, 7) is 0.764. The highest BCUT2D eigenvalue weighted by atomic mass is 16.5. The number of ether oxygens (including phenoxy) is 3. The lowest BCUT2D eigenvalue weighted by molar-refractivity contribution is 0.327. The number of H-pyrrole nitrogens is 2. The molecule has 8 nitrogen and oxygen atoms in total. The normalized spacial score (nSPS) is 16.3. The third kappa shape index (κ3) is 2.41. The summed E-state index contributed by atoms with van der Waals surface area (Å²) in [5.74, 6) is 1.49. The fraction of sp³-hybridized carbons (Fsp3) is 0.333. The molecule has 2 aromatic heterocycles. The Morgan fingerprint density at radius 2 is 1.92 bits per heavy atom. The summed E-state index contributed by atoms with van der Waals surface area (Å²) >= 11 is 0. The number of hydrogen-bond donors (Lipinski definition) is 3. The zero-order chi connectivity index (χ0) is 18.3. The summed E-state index contributed by atoms with van der Waals surface area (Å²) in [6, 6.07) is 3.28. The Morgan fingerprint density at radius 1 is 1.12 bits per heavy atom. The third-order valence-corrected chi connectivity index (χ3v) is 4.74. The van der Waals surface area contributed by atoms with Gasteiger partial charge in [0.1, 0.15) is 0 Å². The van der Waals surface area contributed by atoms with Gasteiger partial charge in [-0.2, -0.15) is 0 Å². The molecule has 1 aliphatic rings. The Hall–Kier alpha value is -3.00. The molecule has 26 heavy (non-hydrogen) atoms. The van der Waals surface area contributed by atoms with Crippen molar-refractivity contribution in [3.8, 4) is 17.2 Å². The lowest BCUT2D eigenvalue weighted by Gasteiger charge is -2.23. The molecule has 1 aliphatic heterocycles. The van der Waals surface area contributed by atoms with Gasteiger partial charge in [0.05, 0.1) is 44.9 Å². The molecule has 0 bridgehead atoms. The van der Waals surface area contributed by atoms with Crippen LogP contribution in [-0.4, -0.2) is 42.8 Å². The highest BCUT2D eigenvalue weighted by molar-refractivity contribution is 5.91. The van der Waals surface area contributed by atoms with E-state index in [0.717, 1.165) is 29.7 Å². The van der Waals surface area contributed by atoms with Crippen LogP contribution in [-0.2, 0) is 6.42 Å². The first-order chi connectivity index (χ1) is 12.7. The second-order valence-corrected chi connectivity index (χ2v) is 6.06. The third-order valence-electron chi connectivity index (χ3n) is 4.74. The first-order valence-electron chi connectivity index (χ1n) is 8.29. The van der Waals surface area contributed by atoms with Crippen LogP contribution in [0.1, 0.15) is 23.0 Å². The Labute approximate surface area is 149 Å². The molecule has 4 rings (SSSR count). The van der Waals surface area contributed by atoms with Crippen LogP contribution in [0.5, 0.6) is 17.2 Å². The van der Waals surface area contributed by atoms with Crippen molar-refractivity contribution in [2.45, 2.75) is 12.5 Å². The summed E-state index contributed by atoms with van der Waals surface area (Å²) in [5, 5.41) is 4.11. The number of fused-ring (bicyclic) bond motifs is 2. The van der Waals surface area contributed by atoms with Crippen molar-refractivity contribution in [2.75, 3.05) is 27.9 Å². The fourth-order valence-electron chi connectivity index (χ4n) is 3.53. The van der Waals surface area contributed by atoms with Gasteiger partial charge in [-0.25, -0.2) is 4.98 Å². The standard InChI is InChI=1S/C18H20N4O4/c1-24-13-7-12-9(16(25-2)17(13)26-3)6-10(18(23)22-12)14-15-11(4-5-19-14)20-8-21-15/h6-8,14,19H,4-5H2,1-3H3,(H,20,21)(H,22,23)/t14-/m1/s1. The number of pyridine rings is 1. The largest absolute Gasteiger partial charge is 0.493 e. The van der Waals surface area contributed by atoms with Crippen molar-refractivity contribution in [1.82, 2.24) is 20.3 Å². The second-order valence-electron chi connectivity index (χ2n) is 6.06. The fourth-order valence-corrected chi connectivity index (χ4v) is 3.53. The van der Waals surface area contributed by atoms with E-state index < -0.39 is 0 Å². The summed E-state index contributed by atoms with van der Waals surface area (Å²) in [6.07, 6.45) is 2.51. The van der Waals surface area contributed by atoms with Crippen LogP contribution in [0.15, 0.2) is 23.3 Å². The number of aromatic nitrogens is 3. The van der Waals surface area contributed by atoms with Gasteiger partial charge in [-0.3, -0.25) is 4.79 Å². The van der Waals surface area contributed by atoms with Gasteiger partial charge in [0.2, 0.25) is 5.75 Å². The summed E-state index contributed by atoms with van der Waals surface area (Å²) in [5.41, 5.74) is 2.91. The minimum absolute atomic E-state index is 0.180. The molecule has 1 atom stereocenters. The lowest BCUT2D eigenvalue weighted by Crippen LogP contribution is -2.34. The molecule has 8 heteroatoms. The number of imidazole rings is 1. The molecule has 3 heterocycles. The van der Waals surface area contributed by atoms with Crippen LogP contribution in [0.2, 0.25) is 0 Å². The number of nitrogens with one attached hydrogen (secondary N) is 3. The van der Waals surface area contributed by atoms with Crippen molar-refractivity contribution in [3.05, 3.63) is 45.8 Å². The molecule has 0 spiro atoms. The molecule has 3 aromatic rings. The van der Waals surface area contributed by atoms with E-state index in [0.29, 0.717) is 28.3 Å². The Bertz CT molecular complexity index is 1020. The second kappa shape index (κ2) is 6.38. The first-order valence-corrected chi connectivity index (χ1v) is 8.29. The summed E-state index contributed by atoms with van der Waals surface area (Å²) in [7, 11) is 4.66. The molecule has 0 saturated heterocycles. The molecular weight excluding hydrogens is 336 g/mol. The monoisotopic (exact) mass is 356 g/mol. The van der Waals surface area contributed by atoms with Crippen molar-refractivity contribution >= 4 is 10.9 Å². The predicted octanol–water partition coefficient (Wildman–Crippen LogP) is 1.51. The minimum Gasteiger partial charge on any atom is -0.493 e. The van der Waals surface area contributed by atoms with Gasteiger partial charge in [-0.1, -0.05) is 0 Å². The van der Waals surface area contributed by atoms with Crippen molar-refractivity contribution < 1.29 is 14.2 Å². The van der Waals surface area contributed by atoms with E-state index in [9.17, 15) is 4.79 Å². The maximum Gasteiger partial charge on any atom is 0.253 e. The number of benzene rings is 1. The van der Waals surface area contributed by atoms with E-state index in [4.69, 9.17) is 14.2 Å². The van der Waals surface area contributed by atoms with E-state index >= 15 is 0 Å². The SMILES string of the molecule is COc1cc2[nH]c(=O)c([C@H]3NCCc4[nH]cnc43)cc2c(OC)c1OC. The van der Waals surface area contributed by atoms with Crippen LogP contribution in [0, 0.1) is 0 Å². The number of nitrogens with zero attached hydrogens (tertiary/aromatic N) is 1. The van der Waals surface area contributed by atoms with E-state index in [1.54, 1.807) is 33.7 Å². The number of methoxy groups -OCH3 is 3. The van der Waals surface area contributed by atoms with Crippen LogP contribution < -0.4 is 25.1 Å². The molecular formula is C18H20N4O4. The van der Waals surface area contributed by atoms with Gasteiger partial charge in [0, 0.05) is 35.7 Å². The van der Waals surface area contributed by atoms with Crippen molar-refractivity contribution in [3.63, 3.8) is 0 Å². The Kier molecular flexibility index (Phi) is 4.04. The average Bonchev–Trinajstić information content (AvgIpc) is 3.14. The summed E-state index contributed by atoms with van der Waals surface area (Å²) in [4.78, 5) is 23.2. The molecule has 0 aliphatic carbocycles. The van der Waals surface area contributed by atoms with Gasteiger partial charge < -0.3 is 29.5 Å². The Morgan fingerprint density at radius 3 is 2.65 bits per heavy atom. The van der Waals surface area contributed by atoms with Gasteiger partial charge in [0.15, 0.2) is 11.5 Å².